The zero-order valence-corrected chi connectivity index (χ0v) is 10.3. The first-order chi connectivity index (χ1) is 6.61. The molecule has 1 atom stereocenters. The fraction of sp³-hybridized carbons (Fsp3) is 0.900. The Labute approximate surface area is 91.0 Å². The van der Waals surface area contributed by atoms with E-state index < -0.39 is 0 Å². The number of methoxy groups -OCH3 is 1. The summed E-state index contributed by atoms with van der Waals surface area (Å²) >= 11 is 1.84. The third-order valence-electron chi connectivity index (χ3n) is 1.78. The summed E-state index contributed by atoms with van der Waals surface area (Å²) in [4.78, 5) is 11.3. The van der Waals surface area contributed by atoms with Gasteiger partial charge in [-0.3, -0.25) is 4.79 Å². The Kier molecular flexibility index (Phi) is 7.99. The molecule has 0 aromatic rings. The van der Waals surface area contributed by atoms with E-state index in [0.717, 1.165) is 17.9 Å². The van der Waals surface area contributed by atoms with Gasteiger partial charge >= 0.3 is 5.97 Å². The molecule has 84 valence electrons. The Morgan fingerprint density at radius 3 is 2.57 bits per heavy atom. The fourth-order valence-electron chi connectivity index (χ4n) is 1.16. The molecule has 0 aliphatic heterocycles. The van der Waals surface area contributed by atoms with Crippen molar-refractivity contribution in [3.63, 3.8) is 0 Å². The normalized spacial score (nSPS) is 12.9. The van der Waals surface area contributed by atoms with Crippen LogP contribution in [0.2, 0.25) is 0 Å². The Bertz CT molecular complexity index is 162. The molecule has 0 bridgehead atoms. The molecule has 0 aliphatic rings. The number of hydrogen-bond acceptors (Lipinski definition) is 4. The Morgan fingerprint density at radius 1 is 1.50 bits per heavy atom. The molecule has 0 aromatic heterocycles. The topological polar surface area (TPSA) is 38.3 Å². The lowest BCUT2D eigenvalue weighted by Crippen LogP contribution is -2.41. The summed E-state index contributed by atoms with van der Waals surface area (Å²) in [6.07, 6.45) is 0.837. The summed E-state index contributed by atoms with van der Waals surface area (Å²) in [7, 11) is 1.43. The molecule has 0 aliphatic carbocycles. The lowest BCUT2D eigenvalue weighted by Gasteiger charge is -2.18. The Balaban J connectivity index is 3.91. The van der Waals surface area contributed by atoms with Gasteiger partial charge in [0.25, 0.3) is 0 Å². The number of nitrogens with one attached hydrogen (secondary N) is 1. The van der Waals surface area contributed by atoms with Gasteiger partial charge in [-0.1, -0.05) is 20.8 Å². The first-order valence-corrected chi connectivity index (χ1v) is 6.18. The molecular weight excluding hydrogens is 198 g/mol. The lowest BCUT2D eigenvalue weighted by atomic mass is 10.2. The van der Waals surface area contributed by atoms with Gasteiger partial charge in [0.05, 0.1) is 7.11 Å². The molecule has 0 saturated heterocycles. The predicted molar refractivity (Wildman–Crippen MR) is 61.7 cm³/mol. The van der Waals surface area contributed by atoms with E-state index in [9.17, 15) is 4.79 Å². The minimum Gasteiger partial charge on any atom is -0.468 e. The van der Waals surface area contributed by atoms with E-state index >= 15 is 0 Å². The maximum Gasteiger partial charge on any atom is 0.322 e. The number of carbonyl (C=O) groups is 1. The van der Waals surface area contributed by atoms with Crippen LogP contribution in [0.3, 0.4) is 0 Å². The van der Waals surface area contributed by atoms with Crippen molar-refractivity contribution in [2.24, 2.45) is 0 Å². The molecule has 1 unspecified atom stereocenters. The molecule has 1 N–H and O–H groups in total. The van der Waals surface area contributed by atoms with Crippen LogP contribution in [0, 0.1) is 0 Å². The first kappa shape index (κ1) is 13.8. The number of esters is 1. The zero-order valence-electron chi connectivity index (χ0n) is 9.50. The van der Waals surface area contributed by atoms with E-state index in [2.05, 4.69) is 12.2 Å². The maximum absolute atomic E-state index is 11.3. The molecule has 0 amide bonds. The van der Waals surface area contributed by atoms with Crippen LogP contribution >= 0.6 is 11.8 Å². The van der Waals surface area contributed by atoms with E-state index in [1.807, 2.05) is 25.6 Å². The van der Waals surface area contributed by atoms with E-state index in [-0.39, 0.29) is 12.0 Å². The van der Waals surface area contributed by atoms with Crippen LogP contribution in [0.1, 0.15) is 27.2 Å². The molecule has 0 radical (unpaired) electrons. The summed E-state index contributed by atoms with van der Waals surface area (Å²) in [6, 6.07) is 0.157. The van der Waals surface area contributed by atoms with Crippen molar-refractivity contribution in [1.29, 1.82) is 0 Å². The minimum atomic E-state index is -0.157. The van der Waals surface area contributed by atoms with Gasteiger partial charge in [0.15, 0.2) is 0 Å². The third kappa shape index (κ3) is 6.27. The number of carbonyl (C=O) groups excluding carboxylic acids is 1. The highest BCUT2D eigenvalue weighted by atomic mass is 32.2. The highest BCUT2D eigenvalue weighted by Crippen LogP contribution is 2.06. The van der Waals surface area contributed by atoms with Gasteiger partial charge in [-0.25, -0.2) is 0 Å². The molecule has 0 aromatic carbocycles. The molecule has 0 rings (SSSR count). The van der Waals surface area contributed by atoms with Crippen molar-refractivity contribution in [2.75, 3.05) is 18.6 Å². The van der Waals surface area contributed by atoms with Crippen LogP contribution in [0.5, 0.6) is 0 Å². The summed E-state index contributed by atoms with van der Waals surface area (Å²) in [5.41, 5.74) is 0. The molecule has 0 fully saturated rings. The van der Waals surface area contributed by atoms with Gasteiger partial charge in [0.2, 0.25) is 0 Å². The molecule has 14 heavy (non-hydrogen) atoms. The van der Waals surface area contributed by atoms with Crippen LogP contribution in [0.15, 0.2) is 0 Å². The highest BCUT2D eigenvalue weighted by Gasteiger charge is 2.18. The summed E-state index contributed by atoms with van der Waals surface area (Å²) < 4.78 is 4.73. The average molecular weight is 219 g/mol. The van der Waals surface area contributed by atoms with Gasteiger partial charge in [0, 0.05) is 6.04 Å². The van der Waals surface area contributed by atoms with Gasteiger partial charge in [-0.2, -0.15) is 11.8 Å². The van der Waals surface area contributed by atoms with Gasteiger partial charge in [-0.05, 0) is 17.9 Å². The largest absolute Gasteiger partial charge is 0.468 e. The monoisotopic (exact) mass is 219 g/mol. The molecule has 0 spiro atoms. The van der Waals surface area contributed by atoms with Gasteiger partial charge < -0.3 is 10.1 Å². The lowest BCUT2D eigenvalue weighted by molar-refractivity contribution is -0.143. The second-order valence-electron chi connectivity index (χ2n) is 3.38. The van der Waals surface area contributed by atoms with Crippen molar-refractivity contribution in [3.05, 3.63) is 0 Å². The zero-order chi connectivity index (χ0) is 11.0. The van der Waals surface area contributed by atoms with Crippen molar-refractivity contribution >= 4 is 17.7 Å². The SMILES string of the molecule is CCSCCC(NC(C)C)C(=O)OC. The van der Waals surface area contributed by atoms with E-state index in [1.54, 1.807) is 0 Å². The Morgan fingerprint density at radius 2 is 2.14 bits per heavy atom. The van der Waals surface area contributed by atoms with Crippen molar-refractivity contribution in [3.8, 4) is 0 Å². The fourth-order valence-corrected chi connectivity index (χ4v) is 1.85. The summed E-state index contributed by atoms with van der Waals surface area (Å²) in [5.74, 6) is 1.93. The van der Waals surface area contributed by atoms with E-state index in [0.29, 0.717) is 6.04 Å². The van der Waals surface area contributed by atoms with Crippen molar-refractivity contribution in [2.45, 2.75) is 39.3 Å². The summed E-state index contributed by atoms with van der Waals surface area (Å²) in [6.45, 7) is 6.18. The number of thioether (sulfide) groups is 1. The van der Waals surface area contributed by atoms with Crippen LogP contribution in [-0.4, -0.2) is 36.7 Å². The highest BCUT2D eigenvalue weighted by molar-refractivity contribution is 7.99. The number of hydrogen-bond donors (Lipinski definition) is 1. The molecule has 3 nitrogen and oxygen atoms in total. The second kappa shape index (κ2) is 8.12. The maximum atomic E-state index is 11.3. The summed E-state index contributed by atoms with van der Waals surface area (Å²) in [5, 5.41) is 3.20. The molecule has 0 saturated carbocycles. The van der Waals surface area contributed by atoms with E-state index in [4.69, 9.17) is 4.74 Å². The van der Waals surface area contributed by atoms with Gasteiger partial charge in [-0.15, -0.1) is 0 Å². The predicted octanol–water partition coefficient (Wildman–Crippen LogP) is 1.67. The van der Waals surface area contributed by atoms with Crippen LogP contribution in [-0.2, 0) is 9.53 Å². The quantitative estimate of drug-likeness (QED) is 0.522. The molecule has 4 heteroatoms. The van der Waals surface area contributed by atoms with Crippen molar-refractivity contribution in [1.82, 2.24) is 5.32 Å². The molecule has 0 heterocycles. The van der Waals surface area contributed by atoms with Crippen LogP contribution in [0.4, 0.5) is 0 Å². The minimum absolute atomic E-state index is 0.154. The standard InChI is InChI=1S/C10H21NO2S/c1-5-14-7-6-9(10(12)13-4)11-8(2)3/h8-9,11H,5-7H2,1-4H3. The Hall–Kier alpha value is -0.220. The molecular formula is C10H21NO2S. The average Bonchev–Trinajstić information content (AvgIpc) is 2.15. The van der Waals surface area contributed by atoms with Crippen molar-refractivity contribution < 1.29 is 9.53 Å². The third-order valence-corrected chi connectivity index (χ3v) is 2.71. The van der Waals surface area contributed by atoms with Gasteiger partial charge in [0.1, 0.15) is 6.04 Å². The van der Waals surface area contributed by atoms with Crippen LogP contribution in [0.25, 0.3) is 0 Å². The smallest absolute Gasteiger partial charge is 0.322 e. The van der Waals surface area contributed by atoms with E-state index in [1.165, 1.54) is 7.11 Å². The number of ether oxygens (including phenoxy) is 1. The van der Waals surface area contributed by atoms with Crippen LogP contribution < -0.4 is 5.32 Å². The number of rotatable bonds is 7. The second-order valence-corrected chi connectivity index (χ2v) is 4.78. The first-order valence-electron chi connectivity index (χ1n) is 5.03.